The number of hydrogen-bond acceptors (Lipinski definition) is 6. The van der Waals surface area contributed by atoms with Crippen LogP contribution in [0.25, 0.3) is 5.69 Å². The second-order valence-corrected chi connectivity index (χ2v) is 10.3. The maximum atomic E-state index is 5.68. The Balaban J connectivity index is 1.37. The Morgan fingerprint density at radius 3 is 2.35 bits per heavy atom. The Labute approximate surface area is 238 Å². The Morgan fingerprint density at radius 1 is 0.925 bits per heavy atom. The monoisotopic (exact) mass is 539 g/mol. The third-order valence-electron chi connectivity index (χ3n) is 7.66. The Hall–Kier alpha value is -3.81. The third-order valence-corrected chi connectivity index (χ3v) is 7.66. The van der Waals surface area contributed by atoms with E-state index in [1.807, 2.05) is 26.2 Å². The van der Waals surface area contributed by atoms with E-state index in [1.165, 1.54) is 16.9 Å². The summed E-state index contributed by atoms with van der Waals surface area (Å²) in [7, 11) is 1.78. The molecule has 0 spiro atoms. The fraction of sp³-hybridized carbons (Fsp3) is 0.364. The van der Waals surface area contributed by atoms with Gasteiger partial charge in [0.1, 0.15) is 11.6 Å². The average Bonchev–Trinajstić information content (AvgIpc) is 3.43. The highest BCUT2D eigenvalue weighted by Crippen LogP contribution is 2.26. The first-order chi connectivity index (χ1) is 19.6. The first-order valence-corrected chi connectivity index (χ1v) is 14.2. The molecule has 0 bridgehead atoms. The molecule has 1 fully saturated rings. The highest BCUT2D eigenvalue weighted by atomic mass is 16.5. The van der Waals surface area contributed by atoms with Crippen LogP contribution >= 0.6 is 0 Å². The molecule has 0 N–H and O–H groups in total. The number of anilines is 2. The molecule has 1 aliphatic rings. The minimum absolute atomic E-state index is 0.341. The molecule has 0 saturated carbocycles. The number of hydrogen-bond donors (Lipinski definition) is 0. The average molecular weight is 540 g/mol. The van der Waals surface area contributed by atoms with Crippen molar-refractivity contribution >= 4 is 11.4 Å². The zero-order chi connectivity index (χ0) is 27.7. The predicted octanol–water partition coefficient (Wildman–Crippen LogP) is 5.42. The predicted molar refractivity (Wildman–Crippen MR) is 163 cm³/mol. The van der Waals surface area contributed by atoms with Gasteiger partial charge in [0, 0.05) is 81.9 Å². The molecule has 1 unspecified atom stereocenters. The quantitative estimate of drug-likeness (QED) is 0.240. The van der Waals surface area contributed by atoms with Gasteiger partial charge >= 0.3 is 0 Å². The van der Waals surface area contributed by atoms with Gasteiger partial charge in [0.2, 0.25) is 0 Å². The van der Waals surface area contributed by atoms with Crippen molar-refractivity contribution in [2.45, 2.75) is 26.4 Å². The zero-order valence-corrected chi connectivity index (χ0v) is 23.9. The van der Waals surface area contributed by atoms with Gasteiger partial charge < -0.3 is 23.8 Å². The summed E-state index contributed by atoms with van der Waals surface area (Å²) in [5.74, 6) is 1.91. The fourth-order valence-corrected chi connectivity index (χ4v) is 5.50. The second kappa shape index (κ2) is 13.5. The van der Waals surface area contributed by atoms with Crippen LogP contribution in [-0.2, 0) is 11.3 Å². The number of aromatic nitrogens is 2. The SMILES string of the molecule is CCOc1ccc(N2CCN(Cc3ccccc3)C(CN(CCOC)c3ccc(-n4ccnc4C)cc3)C2)cc1. The summed E-state index contributed by atoms with van der Waals surface area (Å²) in [5.41, 5.74) is 4.92. The minimum atomic E-state index is 0.341. The highest BCUT2D eigenvalue weighted by Gasteiger charge is 2.29. The van der Waals surface area contributed by atoms with Crippen molar-refractivity contribution in [3.8, 4) is 11.4 Å². The van der Waals surface area contributed by atoms with Crippen molar-refractivity contribution in [1.29, 1.82) is 0 Å². The molecule has 7 nitrogen and oxygen atoms in total. The zero-order valence-electron chi connectivity index (χ0n) is 23.9. The van der Waals surface area contributed by atoms with E-state index in [9.17, 15) is 0 Å². The van der Waals surface area contributed by atoms with Gasteiger partial charge in [-0.3, -0.25) is 4.90 Å². The maximum absolute atomic E-state index is 5.68. The van der Waals surface area contributed by atoms with Crippen molar-refractivity contribution in [1.82, 2.24) is 14.5 Å². The standard InChI is InChI=1S/C33H41N5O2/c1-4-40-33-16-14-30(15-17-33)36-21-20-35(24-28-8-6-5-7-9-28)32(25-36)26-37(22-23-39-3)29-10-12-31(13-11-29)38-19-18-34-27(38)2/h5-19,32H,4,20-26H2,1-3H3. The molecule has 7 heteroatoms. The van der Waals surface area contributed by atoms with E-state index < -0.39 is 0 Å². The normalized spacial score (nSPS) is 15.8. The van der Waals surface area contributed by atoms with Crippen molar-refractivity contribution < 1.29 is 9.47 Å². The van der Waals surface area contributed by atoms with E-state index in [1.54, 1.807) is 7.11 Å². The first-order valence-electron chi connectivity index (χ1n) is 14.2. The summed E-state index contributed by atoms with van der Waals surface area (Å²) in [6.07, 6.45) is 3.85. The maximum Gasteiger partial charge on any atom is 0.119 e. The van der Waals surface area contributed by atoms with Gasteiger partial charge in [-0.15, -0.1) is 0 Å². The Bertz CT molecular complexity index is 1310. The van der Waals surface area contributed by atoms with E-state index >= 15 is 0 Å². The number of rotatable bonds is 12. The van der Waals surface area contributed by atoms with Gasteiger partial charge in [-0.05, 0) is 67.9 Å². The molecule has 4 aromatic rings. The van der Waals surface area contributed by atoms with Crippen LogP contribution in [0.4, 0.5) is 11.4 Å². The van der Waals surface area contributed by atoms with Crippen LogP contribution in [0.5, 0.6) is 5.75 Å². The lowest BCUT2D eigenvalue weighted by Crippen LogP contribution is -2.57. The first kappa shape index (κ1) is 27.7. The summed E-state index contributed by atoms with van der Waals surface area (Å²) in [4.78, 5) is 12.0. The molecule has 2 heterocycles. The number of nitrogens with zero attached hydrogens (tertiary/aromatic N) is 5. The minimum Gasteiger partial charge on any atom is -0.494 e. The topological polar surface area (TPSA) is 46.0 Å². The van der Waals surface area contributed by atoms with Crippen molar-refractivity contribution in [3.05, 3.63) is 103 Å². The van der Waals surface area contributed by atoms with Crippen LogP contribution in [0.15, 0.2) is 91.3 Å². The number of imidazole rings is 1. The summed E-state index contributed by atoms with van der Waals surface area (Å²) in [6, 6.07) is 28.5. The van der Waals surface area contributed by atoms with Crippen LogP contribution in [0.3, 0.4) is 0 Å². The van der Waals surface area contributed by atoms with Crippen molar-refractivity contribution in [3.63, 3.8) is 0 Å². The van der Waals surface area contributed by atoms with Crippen LogP contribution in [0.1, 0.15) is 18.3 Å². The molecular weight excluding hydrogens is 498 g/mol. The second-order valence-electron chi connectivity index (χ2n) is 10.3. The van der Waals surface area contributed by atoms with E-state index in [-0.39, 0.29) is 0 Å². The molecule has 1 atom stereocenters. The molecule has 1 aliphatic heterocycles. The summed E-state index contributed by atoms with van der Waals surface area (Å²) >= 11 is 0. The van der Waals surface area contributed by atoms with E-state index in [4.69, 9.17) is 9.47 Å². The molecule has 0 amide bonds. The van der Waals surface area contributed by atoms with E-state index in [2.05, 4.69) is 103 Å². The van der Waals surface area contributed by atoms with Gasteiger partial charge in [-0.1, -0.05) is 30.3 Å². The molecule has 3 aromatic carbocycles. The molecule has 210 valence electrons. The van der Waals surface area contributed by atoms with E-state index in [0.717, 1.165) is 56.5 Å². The Morgan fingerprint density at radius 2 is 1.68 bits per heavy atom. The summed E-state index contributed by atoms with van der Waals surface area (Å²) in [6.45, 7) is 11.0. The molecule has 5 rings (SSSR count). The van der Waals surface area contributed by atoms with Gasteiger partial charge in [0.25, 0.3) is 0 Å². The van der Waals surface area contributed by atoms with Crippen LogP contribution in [0.2, 0.25) is 0 Å². The van der Waals surface area contributed by atoms with Crippen LogP contribution in [0, 0.1) is 6.92 Å². The van der Waals surface area contributed by atoms with Gasteiger partial charge in [-0.25, -0.2) is 4.98 Å². The highest BCUT2D eigenvalue weighted by molar-refractivity contribution is 5.53. The van der Waals surface area contributed by atoms with Crippen molar-refractivity contribution in [2.75, 3.05) is 62.8 Å². The largest absolute Gasteiger partial charge is 0.494 e. The smallest absolute Gasteiger partial charge is 0.119 e. The van der Waals surface area contributed by atoms with Gasteiger partial charge in [0.15, 0.2) is 0 Å². The number of piperazine rings is 1. The lowest BCUT2D eigenvalue weighted by molar-refractivity contribution is 0.165. The number of methoxy groups -OCH3 is 1. The van der Waals surface area contributed by atoms with E-state index in [0.29, 0.717) is 19.3 Å². The lowest BCUT2D eigenvalue weighted by Gasteiger charge is -2.44. The summed E-state index contributed by atoms with van der Waals surface area (Å²) < 4.78 is 13.3. The molecule has 1 aromatic heterocycles. The molecular formula is C33H41N5O2. The molecule has 1 saturated heterocycles. The van der Waals surface area contributed by atoms with Crippen LogP contribution < -0.4 is 14.5 Å². The van der Waals surface area contributed by atoms with Gasteiger partial charge in [-0.2, -0.15) is 0 Å². The molecule has 40 heavy (non-hydrogen) atoms. The van der Waals surface area contributed by atoms with Gasteiger partial charge in [0.05, 0.1) is 13.2 Å². The van der Waals surface area contributed by atoms with Crippen molar-refractivity contribution in [2.24, 2.45) is 0 Å². The third kappa shape index (κ3) is 6.84. The number of aryl methyl sites for hydroxylation is 1. The molecule has 0 radical (unpaired) electrons. The lowest BCUT2D eigenvalue weighted by atomic mass is 10.1. The molecule has 0 aliphatic carbocycles. The Kier molecular flexibility index (Phi) is 9.37. The summed E-state index contributed by atoms with van der Waals surface area (Å²) in [5, 5.41) is 0. The fourth-order valence-electron chi connectivity index (χ4n) is 5.50. The van der Waals surface area contributed by atoms with Crippen LogP contribution in [-0.4, -0.2) is 73.5 Å². The number of benzene rings is 3. The number of ether oxygens (including phenoxy) is 2.